The molecule has 10 heteroatoms. The number of fused-ring (bicyclic) bond motifs is 2. The molecular weight excluding hydrogens is 440 g/mol. The maximum atomic E-state index is 13.5. The first-order valence-corrected chi connectivity index (χ1v) is 12.5. The van der Waals surface area contributed by atoms with E-state index in [-0.39, 0.29) is 18.0 Å². The van der Waals surface area contributed by atoms with Crippen molar-refractivity contribution in [3.8, 4) is 0 Å². The minimum atomic E-state index is -0.531. The standard InChI is InChI=1S/C23H30N6O3S/c1-23(2,3)32-22(31)29-8-4-5-15-11-28(12-17(15)29)21(30)18-13-27(9-10-33-18)20-16-6-7-24-19(16)25-14-26-20/h6-7,13-15,17H,4-5,8-12H2,1-3H3,(H,24,25,26)/t15-,17+/m1/s1. The van der Waals surface area contributed by atoms with Crippen molar-refractivity contribution in [2.24, 2.45) is 5.92 Å². The highest BCUT2D eigenvalue weighted by molar-refractivity contribution is 8.04. The first kappa shape index (κ1) is 22.1. The fourth-order valence-electron chi connectivity index (χ4n) is 4.92. The monoisotopic (exact) mass is 470 g/mol. The van der Waals surface area contributed by atoms with Gasteiger partial charge in [0.1, 0.15) is 23.4 Å². The average molecular weight is 471 g/mol. The molecule has 176 valence electrons. The van der Waals surface area contributed by atoms with E-state index in [4.69, 9.17) is 4.74 Å². The Morgan fingerprint density at radius 1 is 1.21 bits per heavy atom. The number of thioether (sulfide) groups is 1. The molecule has 0 bridgehead atoms. The van der Waals surface area contributed by atoms with Gasteiger partial charge < -0.3 is 24.4 Å². The molecule has 3 aliphatic heterocycles. The van der Waals surface area contributed by atoms with Gasteiger partial charge in [0, 0.05) is 44.3 Å². The lowest BCUT2D eigenvalue weighted by Gasteiger charge is -2.37. The van der Waals surface area contributed by atoms with Crippen LogP contribution in [-0.4, -0.2) is 80.3 Å². The normalized spacial score (nSPS) is 23.5. The summed E-state index contributed by atoms with van der Waals surface area (Å²) in [7, 11) is 0. The highest BCUT2D eigenvalue weighted by Gasteiger charge is 2.44. The molecule has 2 amide bonds. The summed E-state index contributed by atoms with van der Waals surface area (Å²) in [5.41, 5.74) is 0.252. The van der Waals surface area contributed by atoms with Gasteiger partial charge in [-0.3, -0.25) is 4.79 Å². The zero-order chi connectivity index (χ0) is 23.2. The summed E-state index contributed by atoms with van der Waals surface area (Å²) in [5, 5.41) is 0.938. The van der Waals surface area contributed by atoms with E-state index in [1.807, 2.05) is 53.9 Å². The summed E-state index contributed by atoms with van der Waals surface area (Å²) >= 11 is 1.58. The quantitative estimate of drug-likeness (QED) is 0.720. The van der Waals surface area contributed by atoms with Gasteiger partial charge in [0.15, 0.2) is 0 Å². The minimum Gasteiger partial charge on any atom is -0.444 e. The molecule has 0 spiro atoms. The zero-order valence-electron chi connectivity index (χ0n) is 19.3. The number of carbonyl (C=O) groups is 2. The number of nitrogens with one attached hydrogen (secondary N) is 1. The van der Waals surface area contributed by atoms with E-state index in [1.54, 1.807) is 18.1 Å². The summed E-state index contributed by atoms with van der Waals surface area (Å²) in [6, 6.07) is 1.97. The van der Waals surface area contributed by atoms with E-state index >= 15 is 0 Å². The number of aromatic nitrogens is 3. The summed E-state index contributed by atoms with van der Waals surface area (Å²) in [6.45, 7) is 8.34. The maximum absolute atomic E-state index is 13.5. The molecule has 2 saturated heterocycles. The Bertz CT molecular complexity index is 1090. The van der Waals surface area contributed by atoms with Crippen LogP contribution in [0.4, 0.5) is 10.6 Å². The van der Waals surface area contributed by atoms with Crippen LogP contribution >= 0.6 is 11.8 Å². The molecule has 0 radical (unpaired) electrons. The summed E-state index contributed by atoms with van der Waals surface area (Å²) < 4.78 is 5.64. The molecule has 2 fully saturated rings. The number of carbonyl (C=O) groups excluding carboxylic acids is 2. The molecule has 0 aromatic carbocycles. The predicted molar refractivity (Wildman–Crippen MR) is 128 cm³/mol. The van der Waals surface area contributed by atoms with E-state index in [0.717, 1.165) is 42.0 Å². The highest BCUT2D eigenvalue weighted by Crippen LogP contribution is 2.35. The van der Waals surface area contributed by atoms with Crippen molar-refractivity contribution in [1.82, 2.24) is 24.8 Å². The molecule has 0 saturated carbocycles. The lowest BCUT2D eigenvalue weighted by molar-refractivity contribution is -0.125. The number of hydrogen-bond donors (Lipinski definition) is 1. The number of anilines is 1. The topological polar surface area (TPSA) is 94.7 Å². The highest BCUT2D eigenvalue weighted by atomic mass is 32.2. The fraction of sp³-hybridized carbons (Fsp3) is 0.565. The number of likely N-dealkylation sites (tertiary alicyclic amines) is 2. The van der Waals surface area contributed by atoms with Crippen LogP contribution in [0.2, 0.25) is 0 Å². The van der Waals surface area contributed by atoms with Gasteiger partial charge in [-0.05, 0) is 45.6 Å². The fourth-order valence-corrected chi connectivity index (χ4v) is 5.88. The van der Waals surface area contributed by atoms with Crippen LogP contribution in [-0.2, 0) is 9.53 Å². The third-order valence-electron chi connectivity index (χ3n) is 6.37. The smallest absolute Gasteiger partial charge is 0.410 e. The number of ether oxygens (including phenoxy) is 1. The number of H-pyrrole nitrogens is 1. The van der Waals surface area contributed by atoms with Crippen molar-refractivity contribution in [2.75, 3.05) is 36.8 Å². The predicted octanol–water partition coefficient (Wildman–Crippen LogP) is 3.21. The summed E-state index contributed by atoms with van der Waals surface area (Å²) in [5.74, 6) is 1.93. The number of aromatic amines is 1. The Labute approximate surface area is 197 Å². The third-order valence-corrected chi connectivity index (χ3v) is 7.35. The van der Waals surface area contributed by atoms with Gasteiger partial charge in [0.05, 0.1) is 16.3 Å². The van der Waals surface area contributed by atoms with Crippen LogP contribution in [0.5, 0.6) is 0 Å². The molecule has 3 aliphatic rings. The zero-order valence-corrected chi connectivity index (χ0v) is 20.1. The SMILES string of the molecule is CC(C)(C)OC(=O)N1CCC[C@@H]2CN(C(=O)C3=CN(c4ncnc5[nH]ccc45)CCS3)C[C@@H]21. The van der Waals surface area contributed by atoms with E-state index in [0.29, 0.717) is 30.5 Å². The van der Waals surface area contributed by atoms with Gasteiger partial charge in [0.25, 0.3) is 5.91 Å². The van der Waals surface area contributed by atoms with Gasteiger partial charge in [-0.2, -0.15) is 0 Å². The van der Waals surface area contributed by atoms with Crippen LogP contribution in [0, 0.1) is 5.92 Å². The Kier molecular flexibility index (Phi) is 5.72. The van der Waals surface area contributed by atoms with Crippen molar-refractivity contribution in [3.05, 3.63) is 29.7 Å². The summed E-state index contributed by atoms with van der Waals surface area (Å²) in [6.07, 6.45) is 7.00. The molecule has 33 heavy (non-hydrogen) atoms. The van der Waals surface area contributed by atoms with E-state index < -0.39 is 5.60 Å². The molecule has 0 aliphatic carbocycles. The Morgan fingerprint density at radius 3 is 2.88 bits per heavy atom. The average Bonchev–Trinajstić information content (AvgIpc) is 3.44. The third kappa shape index (κ3) is 4.40. The molecule has 0 unspecified atom stereocenters. The van der Waals surface area contributed by atoms with Crippen LogP contribution < -0.4 is 4.90 Å². The van der Waals surface area contributed by atoms with Crippen LogP contribution in [0.15, 0.2) is 29.7 Å². The van der Waals surface area contributed by atoms with E-state index in [2.05, 4.69) is 15.0 Å². The van der Waals surface area contributed by atoms with E-state index in [1.165, 1.54) is 0 Å². The molecule has 2 aromatic heterocycles. The first-order chi connectivity index (χ1) is 15.8. The maximum Gasteiger partial charge on any atom is 0.410 e. The largest absolute Gasteiger partial charge is 0.444 e. The van der Waals surface area contributed by atoms with Crippen molar-refractivity contribution in [3.63, 3.8) is 0 Å². The van der Waals surface area contributed by atoms with Gasteiger partial charge in [-0.25, -0.2) is 14.8 Å². The second-order valence-corrected chi connectivity index (χ2v) is 11.0. The molecule has 9 nitrogen and oxygen atoms in total. The van der Waals surface area contributed by atoms with Crippen molar-refractivity contribution in [1.29, 1.82) is 0 Å². The molecule has 1 N–H and O–H groups in total. The van der Waals surface area contributed by atoms with Gasteiger partial charge >= 0.3 is 6.09 Å². The number of piperidine rings is 1. The lowest BCUT2D eigenvalue weighted by Crippen LogP contribution is -2.50. The number of rotatable bonds is 2. The molecule has 5 rings (SSSR count). The van der Waals surface area contributed by atoms with Crippen LogP contribution in [0.3, 0.4) is 0 Å². The van der Waals surface area contributed by atoms with Crippen LogP contribution in [0.1, 0.15) is 33.6 Å². The van der Waals surface area contributed by atoms with Gasteiger partial charge in [-0.1, -0.05) is 0 Å². The number of hydrogen-bond acceptors (Lipinski definition) is 7. The van der Waals surface area contributed by atoms with Gasteiger partial charge in [0.2, 0.25) is 0 Å². The lowest BCUT2D eigenvalue weighted by atomic mass is 9.92. The molecular formula is C23H30N6O3S. The Balaban J connectivity index is 1.32. The molecule has 2 atom stereocenters. The molecule has 5 heterocycles. The van der Waals surface area contributed by atoms with Gasteiger partial charge in [-0.15, -0.1) is 11.8 Å². The Hall–Kier alpha value is -2.75. The van der Waals surface area contributed by atoms with Crippen molar-refractivity contribution < 1.29 is 14.3 Å². The second kappa shape index (κ2) is 8.55. The van der Waals surface area contributed by atoms with Crippen molar-refractivity contribution >= 4 is 40.6 Å². The number of nitrogens with zero attached hydrogens (tertiary/aromatic N) is 5. The first-order valence-electron chi connectivity index (χ1n) is 11.5. The second-order valence-electron chi connectivity index (χ2n) is 9.83. The van der Waals surface area contributed by atoms with Crippen molar-refractivity contribution in [2.45, 2.75) is 45.3 Å². The van der Waals surface area contributed by atoms with Crippen LogP contribution in [0.25, 0.3) is 11.0 Å². The molecule has 2 aromatic rings. The van der Waals surface area contributed by atoms with E-state index in [9.17, 15) is 9.59 Å². The summed E-state index contributed by atoms with van der Waals surface area (Å²) in [4.78, 5) is 44.6. The Morgan fingerprint density at radius 2 is 2.06 bits per heavy atom. The minimum absolute atomic E-state index is 0.0178. The number of amides is 2.